The van der Waals surface area contributed by atoms with Gasteiger partial charge in [-0.15, -0.1) is 0 Å². The zero-order valence-corrected chi connectivity index (χ0v) is 14.7. The van der Waals surface area contributed by atoms with Gasteiger partial charge in [-0.1, -0.05) is 18.2 Å². The molecule has 2 aromatic carbocycles. The molecule has 0 bridgehead atoms. The zero-order chi connectivity index (χ0) is 18.6. The lowest BCUT2D eigenvalue weighted by Gasteiger charge is -2.22. The number of rotatable bonds is 4. The van der Waals surface area contributed by atoms with Crippen molar-refractivity contribution in [2.24, 2.45) is 0 Å². The second kappa shape index (κ2) is 7.59. The van der Waals surface area contributed by atoms with Crippen LogP contribution in [0.25, 0.3) is 10.9 Å². The number of esters is 1. The lowest BCUT2D eigenvalue weighted by atomic mass is 10.1. The van der Waals surface area contributed by atoms with E-state index in [-0.39, 0.29) is 18.0 Å². The van der Waals surface area contributed by atoms with Gasteiger partial charge in [0.1, 0.15) is 6.10 Å². The van der Waals surface area contributed by atoms with Crippen LogP contribution in [0.1, 0.15) is 33.7 Å². The standard InChI is InChI=1S/C20H20N4O3/c25-19(18-16-3-1-2-4-17(16)23-24-18)22-14-7-5-13(6-8-14)20(26)27-15-9-11-21-12-10-15/h1-8,15,21H,9-12H2,(H,22,25)(H,23,24). The highest BCUT2D eigenvalue weighted by Crippen LogP contribution is 2.18. The number of fused-ring (bicyclic) bond motifs is 1. The fourth-order valence-electron chi connectivity index (χ4n) is 3.15. The molecular weight excluding hydrogens is 344 g/mol. The van der Waals surface area contributed by atoms with E-state index in [1.165, 1.54) is 0 Å². The van der Waals surface area contributed by atoms with Gasteiger partial charge in [0.05, 0.1) is 11.1 Å². The highest BCUT2D eigenvalue weighted by atomic mass is 16.5. The maximum Gasteiger partial charge on any atom is 0.338 e. The molecule has 3 N–H and O–H groups in total. The van der Waals surface area contributed by atoms with E-state index in [0.29, 0.717) is 16.9 Å². The summed E-state index contributed by atoms with van der Waals surface area (Å²) in [5, 5.41) is 13.7. The predicted molar refractivity (Wildman–Crippen MR) is 102 cm³/mol. The third-order valence-corrected chi connectivity index (χ3v) is 4.62. The van der Waals surface area contributed by atoms with Crippen LogP contribution in [0.3, 0.4) is 0 Å². The molecule has 0 radical (unpaired) electrons. The van der Waals surface area contributed by atoms with Gasteiger partial charge in [0.2, 0.25) is 0 Å². The molecule has 0 aliphatic carbocycles. The molecule has 1 amide bonds. The largest absolute Gasteiger partial charge is 0.459 e. The molecule has 2 heterocycles. The van der Waals surface area contributed by atoms with Gasteiger partial charge in [-0.3, -0.25) is 9.89 Å². The van der Waals surface area contributed by atoms with Gasteiger partial charge in [-0.2, -0.15) is 5.10 Å². The van der Waals surface area contributed by atoms with Crippen LogP contribution in [-0.4, -0.2) is 41.3 Å². The van der Waals surface area contributed by atoms with Crippen molar-refractivity contribution in [3.05, 3.63) is 59.8 Å². The third-order valence-electron chi connectivity index (χ3n) is 4.62. The summed E-state index contributed by atoms with van der Waals surface area (Å²) >= 11 is 0. The van der Waals surface area contributed by atoms with E-state index < -0.39 is 0 Å². The lowest BCUT2D eigenvalue weighted by Crippen LogP contribution is -2.33. The van der Waals surface area contributed by atoms with Crippen molar-refractivity contribution in [1.82, 2.24) is 15.5 Å². The number of nitrogens with zero attached hydrogens (tertiary/aromatic N) is 1. The highest BCUT2D eigenvalue weighted by molar-refractivity contribution is 6.11. The number of carbonyl (C=O) groups is 2. The highest BCUT2D eigenvalue weighted by Gasteiger charge is 2.19. The Labute approximate surface area is 156 Å². The van der Waals surface area contributed by atoms with Gasteiger partial charge >= 0.3 is 5.97 Å². The number of H-pyrrole nitrogens is 1. The van der Waals surface area contributed by atoms with E-state index in [1.54, 1.807) is 24.3 Å². The first-order chi connectivity index (χ1) is 13.2. The summed E-state index contributed by atoms with van der Waals surface area (Å²) in [5.41, 5.74) is 2.20. The summed E-state index contributed by atoms with van der Waals surface area (Å²) < 4.78 is 5.53. The van der Waals surface area contributed by atoms with E-state index in [4.69, 9.17) is 4.74 Å². The van der Waals surface area contributed by atoms with Gasteiger partial charge in [-0.05, 0) is 56.3 Å². The number of piperidine rings is 1. The average Bonchev–Trinajstić information content (AvgIpc) is 3.13. The first kappa shape index (κ1) is 17.2. The summed E-state index contributed by atoms with van der Waals surface area (Å²) in [4.78, 5) is 24.7. The summed E-state index contributed by atoms with van der Waals surface area (Å²) in [5.74, 6) is -0.643. The monoisotopic (exact) mass is 364 g/mol. The third kappa shape index (κ3) is 3.83. The van der Waals surface area contributed by atoms with E-state index in [9.17, 15) is 9.59 Å². The molecule has 3 aromatic rings. The molecule has 0 atom stereocenters. The van der Waals surface area contributed by atoms with Gasteiger partial charge < -0.3 is 15.4 Å². The van der Waals surface area contributed by atoms with Gasteiger partial charge in [0.25, 0.3) is 5.91 Å². The van der Waals surface area contributed by atoms with Crippen LogP contribution >= 0.6 is 0 Å². The van der Waals surface area contributed by atoms with Crippen LogP contribution in [0.15, 0.2) is 48.5 Å². The Hall–Kier alpha value is -3.19. The summed E-state index contributed by atoms with van der Waals surface area (Å²) in [6, 6.07) is 14.1. The SMILES string of the molecule is O=C(OC1CCNCC1)c1ccc(NC(=O)c2n[nH]c3ccccc23)cc1. The van der Waals surface area contributed by atoms with E-state index in [1.807, 2.05) is 24.3 Å². The van der Waals surface area contributed by atoms with Crippen LogP contribution in [0.2, 0.25) is 0 Å². The Balaban J connectivity index is 1.41. The van der Waals surface area contributed by atoms with Crippen molar-refractivity contribution >= 4 is 28.5 Å². The number of aromatic nitrogens is 2. The molecule has 1 fully saturated rings. The number of carbonyl (C=O) groups excluding carboxylic acids is 2. The quantitative estimate of drug-likeness (QED) is 0.619. The van der Waals surface area contributed by atoms with Crippen molar-refractivity contribution < 1.29 is 14.3 Å². The Bertz CT molecular complexity index is 959. The summed E-state index contributed by atoms with van der Waals surface area (Å²) in [6.45, 7) is 1.73. The molecule has 1 saturated heterocycles. The Kier molecular flexibility index (Phi) is 4.84. The Morgan fingerprint density at radius 3 is 2.56 bits per heavy atom. The van der Waals surface area contributed by atoms with Crippen LogP contribution < -0.4 is 10.6 Å². The van der Waals surface area contributed by atoms with Crippen LogP contribution in [0, 0.1) is 0 Å². The summed E-state index contributed by atoms with van der Waals surface area (Å²) in [7, 11) is 0. The second-order valence-corrected chi connectivity index (χ2v) is 6.50. The average molecular weight is 364 g/mol. The second-order valence-electron chi connectivity index (χ2n) is 6.50. The van der Waals surface area contributed by atoms with Crippen molar-refractivity contribution in [2.45, 2.75) is 18.9 Å². The molecule has 1 aliphatic heterocycles. The molecule has 27 heavy (non-hydrogen) atoms. The molecule has 0 saturated carbocycles. The Morgan fingerprint density at radius 2 is 1.78 bits per heavy atom. The minimum atomic E-state index is -0.335. The van der Waals surface area contributed by atoms with Crippen LogP contribution in [0.5, 0.6) is 0 Å². The van der Waals surface area contributed by atoms with Crippen molar-refractivity contribution in [2.75, 3.05) is 18.4 Å². The maximum atomic E-state index is 12.5. The smallest absolute Gasteiger partial charge is 0.338 e. The molecule has 1 aliphatic rings. The molecule has 4 rings (SSSR count). The minimum absolute atomic E-state index is 0.0360. The predicted octanol–water partition coefficient (Wildman–Crippen LogP) is 2.72. The van der Waals surface area contributed by atoms with E-state index in [0.717, 1.165) is 36.8 Å². The molecule has 1 aromatic heterocycles. The summed E-state index contributed by atoms with van der Waals surface area (Å²) in [6.07, 6.45) is 1.63. The fourth-order valence-corrected chi connectivity index (χ4v) is 3.15. The molecule has 0 spiro atoms. The van der Waals surface area contributed by atoms with Crippen LogP contribution in [-0.2, 0) is 4.74 Å². The number of nitrogens with one attached hydrogen (secondary N) is 3. The molecule has 7 heteroatoms. The van der Waals surface area contributed by atoms with Gasteiger partial charge in [0.15, 0.2) is 5.69 Å². The topological polar surface area (TPSA) is 96.1 Å². The van der Waals surface area contributed by atoms with Crippen molar-refractivity contribution in [3.8, 4) is 0 Å². The van der Waals surface area contributed by atoms with Gasteiger partial charge in [0, 0.05) is 11.1 Å². The zero-order valence-electron chi connectivity index (χ0n) is 14.7. The number of para-hydroxylation sites is 1. The number of hydrogen-bond donors (Lipinski definition) is 3. The lowest BCUT2D eigenvalue weighted by molar-refractivity contribution is 0.0229. The number of amides is 1. The molecule has 0 unspecified atom stereocenters. The minimum Gasteiger partial charge on any atom is -0.459 e. The first-order valence-corrected chi connectivity index (χ1v) is 8.97. The Morgan fingerprint density at radius 1 is 1.04 bits per heavy atom. The number of aromatic amines is 1. The first-order valence-electron chi connectivity index (χ1n) is 8.97. The van der Waals surface area contributed by atoms with E-state index in [2.05, 4.69) is 20.8 Å². The maximum absolute atomic E-state index is 12.5. The fraction of sp³-hybridized carbons (Fsp3) is 0.250. The molecule has 138 valence electrons. The van der Waals surface area contributed by atoms with Crippen molar-refractivity contribution in [1.29, 1.82) is 0 Å². The normalized spacial score (nSPS) is 14.8. The van der Waals surface area contributed by atoms with Gasteiger partial charge in [-0.25, -0.2) is 4.79 Å². The molecular formula is C20H20N4O3. The molecule has 7 nitrogen and oxygen atoms in total. The van der Waals surface area contributed by atoms with Crippen LogP contribution in [0.4, 0.5) is 5.69 Å². The van der Waals surface area contributed by atoms with E-state index >= 15 is 0 Å². The number of ether oxygens (including phenoxy) is 1. The van der Waals surface area contributed by atoms with Crippen molar-refractivity contribution in [3.63, 3.8) is 0 Å². The number of benzene rings is 2. The number of anilines is 1. The number of hydrogen-bond acceptors (Lipinski definition) is 5.